The van der Waals surface area contributed by atoms with Crippen LogP contribution in [0.3, 0.4) is 0 Å². The monoisotopic (exact) mass is 324 g/mol. The summed E-state index contributed by atoms with van der Waals surface area (Å²) in [6, 6.07) is 5.06. The first-order valence-electron chi connectivity index (χ1n) is 7.40. The lowest BCUT2D eigenvalue weighted by Crippen LogP contribution is -2.29. The van der Waals surface area contributed by atoms with Gasteiger partial charge in [-0.05, 0) is 45.4 Å². The van der Waals surface area contributed by atoms with Crippen LogP contribution in [0.5, 0.6) is 0 Å². The number of hydrogen-bond acceptors (Lipinski definition) is 5. The Morgan fingerprint density at radius 2 is 1.48 bits per heavy atom. The molecule has 1 rings (SSSR count). The summed E-state index contributed by atoms with van der Waals surface area (Å²) in [6.45, 7) is 6.59. The molecule has 0 saturated carbocycles. The van der Waals surface area contributed by atoms with Crippen molar-refractivity contribution in [1.29, 1.82) is 0 Å². The molecule has 0 fully saturated rings. The molecule has 6 heteroatoms. The van der Waals surface area contributed by atoms with Crippen LogP contribution >= 0.6 is 0 Å². The fourth-order valence-corrected chi connectivity index (χ4v) is 1.95. The van der Waals surface area contributed by atoms with Crippen molar-refractivity contribution in [2.75, 3.05) is 0 Å². The lowest BCUT2D eigenvalue weighted by Gasteiger charge is -2.17. The number of halogens is 1. The minimum absolute atomic E-state index is 0.310. The zero-order chi connectivity index (χ0) is 17.6. The van der Waals surface area contributed by atoms with Gasteiger partial charge in [-0.3, -0.25) is 9.59 Å². The lowest BCUT2D eigenvalue weighted by atomic mass is 9.91. The Labute approximate surface area is 134 Å². The summed E-state index contributed by atoms with van der Waals surface area (Å²) in [6.07, 6.45) is -1.10. The van der Waals surface area contributed by atoms with Crippen LogP contribution in [0.2, 0.25) is 0 Å². The van der Waals surface area contributed by atoms with Gasteiger partial charge in [0, 0.05) is 0 Å². The van der Waals surface area contributed by atoms with Crippen molar-refractivity contribution in [3.63, 3.8) is 0 Å². The van der Waals surface area contributed by atoms with Gasteiger partial charge in [-0.25, -0.2) is 9.18 Å². The van der Waals surface area contributed by atoms with Gasteiger partial charge in [-0.2, -0.15) is 0 Å². The zero-order valence-electron chi connectivity index (χ0n) is 13.7. The Balaban J connectivity index is 3.00. The molecule has 23 heavy (non-hydrogen) atoms. The van der Waals surface area contributed by atoms with Crippen molar-refractivity contribution in [3.05, 3.63) is 35.6 Å². The molecule has 0 spiro atoms. The zero-order valence-corrected chi connectivity index (χ0v) is 13.7. The quantitative estimate of drug-likeness (QED) is 0.570. The number of ether oxygens (including phenoxy) is 2. The van der Waals surface area contributed by atoms with Crippen LogP contribution in [0.4, 0.5) is 4.39 Å². The molecule has 0 aliphatic rings. The molecular weight excluding hydrogens is 303 g/mol. The van der Waals surface area contributed by atoms with E-state index in [1.807, 2.05) is 0 Å². The highest BCUT2D eigenvalue weighted by atomic mass is 19.1. The van der Waals surface area contributed by atoms with Gasteiger partial charge in [0.1, 0.15) is 5.82 Å². The highest BCUT2D eigenvalue weighted by Crippen LogP contribution is 2.23. The van der Waals surface area contributed by atoms with Crippen molar-refractivity contribution >= 4 is 17.7 Å². The molecule has 0 saturated heterocycles. The van der Waals surface area contributed by atoms with Crippen LogP contribution in [0, 0.1) is 5.82 Å². The number of Topliss-reactive ketones (excluding diaryl/α,β-unsaturated/α-hetero) is 1. The average Bonchev–Trinajstić information content (AvgIpc) is 2.43. The van der Waals surface area contributed by atoms with Gasteiger partial charge < -0.3 is 9.47 Å². The van der Waals surface area contributed by atoms with Crippen molar-refractivity contribution in [3.8, 4) is 0 Å². The van der Waals surface area contributed by atoms with Gasteiger partial charge in [0.05, 0.1) is 24.5 Å². The summed E-state index contributed by atoms with van der Waals surface area (Å²) in [5.74, 6) is -4.03. The fraction of sp³-hybridized carbons (Fsp3) is 0.471. The van der Waals surface area contributed by atoms with Gasteiger partial charge >= 0.3 is 11.9 Å². The third-order valence-electron chi connectivity index (χ3n) is 2.87. The molecule has 5 nitrogen and oxygen atoms in total. The van der Waals surface area contributed by atoms with Crippen molar-refractivity contribution in [2.45, 2.75) is 52.2 Å². The molecular formula is C17H21FO5. The SMILES string of the molecule is CC(C)OC(=O)CC(C(=O)C(=O)OC(C)C)c1ccc(F)cc1. The van der Waals surface area contributed by atoms with Gasteiger partial charge in [0.2, 0.25) is 5.78 Å². The molecule has 1 aromatic carbocycles. The molecule has 0 bridgehead atoms. The van der Waals surface area contributed by atoms with Crippen LogP contribution in [0.15, 0.2) is 24.3 Å². The largest absolute Gasteiger partial charge is 0.463 e. The molecule has 0 radical (unpaired) electrons. The first-order valence-corrected chi connectivity index (χ1v) is 7.40. The molecule has 0 heterocycles. The maximum absolute atomic E-state index is 13.0. The minimum atomic E-state index is -1.06. The van der Waals surface area contributed by atoms with Gasteiger partial charge in [-0.1, -0.05) is 12.1 Å². The summed E-state index contributed by atoms with van der Waals surface area (Å²) < 4.78 is 23.0. The third-order valence-corrected chi connectivity index (χ3v) is 2.87. The summed E-state index contributed by atoms with van der Waals surface area (Å²) in [5, 5.41) is 0. The van der Waals surface area contributed by atoms with Crippen LogP contribution < -0.4 is 0 Å². The van der Waals surface area contributed by atoms with Crippen LogP contribution in [-0.2, 0) is 23.9 Å². The van der Waals surface area contributed by atoms with Crippen LogP contribution in [0.1, 0.15) is 45.6 Å². The predicted molar refractivity (Wildman–Crippen MR) is 81.2 cm³/mol. The lowest BCUT2D eigenvalue weighted by molar-refractivity contribution is -0.158. The van der Waals surface area contributed by atoms with Crippen molar-refractivity contribution in [1.82, 2.24) is 0 Å². The molecule has 1 unspecified atom stereocenters. The number of carbonyl (C=O) groups excluding carboxylic acids is 3. The van der Waals surface area contributed by atoms with E-state index < -0.39 is 35.6 Å². The number of benzene rings is 1. The van der Waals surface area contributed by atoms with E-state index in [1.54, 1.807) is 27.7 Å². The van der Waals surface area contributed by atoms with Gasteiger partial charge in [-0.15, -0.1) is 0 Å². The Morgan fingerprint density at radius 3 is 1.96 bits per heavy atom. The van der Waals surface area contributed by atoms with E-state index in [9.17, 15) is 18.8 Å². The van der Waals surface area contributed by atoms with E-state index >= 15 is 0 Å². The van der Waals surface area contributed by atoms with E-state index in [4.69, 9.17) is 9.47 Å². The molecule has 0 N–H and O–H groups in total. The van der Waals surface area contributed by atoms with Gasteiger partial charge in [0.15, 0.2) is 0 Å². The Bertz CT molecular complexity index is 563. The highest BCUT2D eigenvalue weighted by molar-refractivity contribution is 6.36. The second kappa shape index (κ2) is 8.41. The highest BCUT2D eigenvalue weighted by Gasteiger charge is 2.31. The van der Waals surface area contributed by atoms with Gasteiger partial charge in [0.25, 0.3) is 0 Å². The smallest absolute Gasteiger partial charge is 0.375 e. The standard InChI is InChI=1S/C17H21FO5/c1-10(2)22-15(19)9-14(12-5-7-13(18)8-6-12)16(20)17(21)23-11(3)4/h5-8,10-11,14H,9H2,1-4H3. The van der Waals surface area contributed by atoms with Crippen molar-refractivity contribution in [2.24, 2.45) is 0 Å². The van der Waals surface area contributed by atoms with Crippen LogP contribution in [0.25, 0.3) is 0 Å². The summed E-state index contributed by atoms with van der Waals surface area (Å²) in [4.78, 5) is 36.0. The normalized spacial score (nSPS) is 12.1. The number of hydrogen-bond donors (Lipinski definition) is 0. The number of ketones is 1. The number of esters is 2. The summed E-state index contributed by atoms with van der Waals surface area (Å²) in [5.41, 5.74) is 0.359. The number of rotatable bonds is 7. The van der Waals surface area contributed by atoms with E-state index in [0.717, 1.165) is 12.1 Å². The second-order valence-electron chi connectivity index (χ2n) is 5.67. The van der Waals surface area contributed by atoms with E-state index in [-0.39, 0.29) is 12.5 Å². The third kappa shape index (κ3) is 6.18. The van der Waals surface area contributed by atoms with E-state index in [2.05, 4.69) is 0 Å². The first-order chi connectivity index (χ1) is 10.7. The minimum Gasteiger partial charge on any atom is -0.463 e. The maximum atomic E-state index is 13.0. The molecule has 0 amide bonds. The first kappa shape index (κ1) is 18.8. The summed E-state index contributed by atoms with van der Waals surface area (Å²) >= 11 is 0. The summed E-state index contributed by atoms with van der Waals surface area (Å²) in [7, 11) is 0. The Kier molecular flexibility index (Phi) is 6.88. The molecule has 0 aromatic heterocycles. The van der Waals surface area contributed by atoms with Crippen molar-refractivity contribution < 1.29 is 28.2 Å². The Morgan fingerprint density at radius 1 is 0.957 bits per heavy atom. The predicted octanol–water partition coefficient (Wildman–Crippen LogP) is 2.77. The maximum Gasteiger partial charge on any atom is 0.375 e. The van der Waals surface area contributed by atoms with Crippen LogP contribution in [-0.4, -0.2) is 29.9 Å². The molecule has 1 atom stereocenters. The number of carbonyl (C=O) groups is 3. The Hall–Kier alpha value is -2.24. The molecule has 0 aliphatic heterocycles. The fourth-order valence-electron chi connectivity index (χ4n) is 1.95. The second-order valence-corrected chi connectivity index (χ2v) is 5.67. The molecule has 126 valence electrons. The van der Waals surface area contributed by atoms with E-state index in [0.29, 0.717) is 5.56 Å². The average molecular weight is 324 g/mol. The van der Waals surface area contributed by atoms with E-state index in [1.165, 1.54) is 12.1 Å². The molecule has 1 aromatic rings. The topological polar surface area (TPSA) is 69.7 Å². The molecule has 0 aliphatic carbocycles.